The Labute approximate surface area is 134 Å². The van der Waals surface area contributed by atoms with Crippen molar-refractivity contribution in [1.82, 2.24) is 25.3 Å². The first-order chi connectivity index (χ1) is 11.4. The summed E-state index contributed by atoms with van der Waals surface area (Å²) in [5, 5.41) is 3.47. The first kappa shape index (κ1) is 13.9. The number of nitrogens with one attached hydrogen (secondary N) is 2. The largest absolute Gasteiger partial charge is 0.496 e. The van der Waals surface area contributed by atoms with Crippen LogP contribution in [0.2, 0.25) is 0 Å². The monoisotopic (exact) mass is 307 g/mol. The van der Waals surface area contributed by atoms with Crippen molar-refractivity contribution in [2.24, 2.45) is 0 Å². The predicted octanol–water partition coefficient (Wildman–Crippen LogP) is 2.11. The number of aromatic nitrogens is 4. The molecule has 1 aliphatic rings. The molecule has 0 unspecified atom stereocenters. The van der Waals surface area contributed by atoms with E-state index in [4.69, 9.17) is 4.74 Å². The number of H-pyrrole nitrogens is 1. The maximum Gasteiger partial charge on any atom is 0.162 e. The maximum absolute atomic E-state index is 5.38. The fourth-order valence-electron chi connectivity index (χ4n) is 2.95. The highest BCUT2D eigenvalue weighted by Crippen LogP contribution is 2.29. The Balaban J connectivity index is 1.67. The van der Waals surface area contributed by atoms with E-state index in [-0.39, 0.29) is 6.04 Å². The number of methoxy groups -OCH3 is 1. The predicted molar refractivity (Wildman–Crippen MR) is 86.2 cm³/mol. The van der Waals surface area contributed by atoms with Crippen LogP contribution in [0, 0.1) is 0 Å². The number of benzene rings is 1. The molecule has 0 fully saturated rings. The standard InChI is InChI=1S/C17H17N5O/c1-23-14-5-3-2-4-12(14)17-19-8-11(9-20-17)15-16-13(6-7-18-15)21-10-22-16/h2-5,8-10,15,18H,6-7H2,1H3,(H,21,22)/t15-/m0/s1. The number of imidazole rings is 1. The van der Waals surface area contributed by atoms with E-state index in [1.807, 2.05) is 36.7 Å². The Morgan fingerprint density at radius 2 is 1.96 bits per heavy atom. The molecule has 1 aliphatic heterocycles. The molecular weight excluding hydrogens is 290 g/mol. The molecule has 2 N–H and O–H groups in total. The van der Waals surface area contributed by atoms with Crippen molar-refractivity contribution in [3.63, 3.8) is 0 Å². The van der Waals surface area contributed by atoms with Gasteiger partial charge in [0.05, 0.1) is 30.7 Å². The summed E-state index contributed by atoms with van der Waals surface area (Å²) >= 11 is 0. The Bertz CT molecular complexity index is 812. The topological polar surface area (TPSA) is 75.7 Å². The SMILES string of the molecule is COc1ccccc1-c1ncc([C@@H]2NCCc3[nH]cnc32)cn1. The molecule has 1 atom stereocenters. The maximum atomic E-state index is 5.38. The second-order valence-corrected chi connectivity index (χ2v) is 5.44. The second kappa shape index (κ2) is 5.81. The van der Waals surface area contributed by atoms with E-state index >= 15 is 0 Å². The zero-order chi connectivity index (χ0) is 15.6. The van der Waals surface area contributed by atoms with Crippen molar-refractivity contribution in [3.05, 3.63) is 59.9 Å². The average molecular weight is 307 g/mol. The minimum Gasteiger partial charge on any atom is -0.496 e. The van der Waals surface area contributed by atoms with Gasteiger partial charge < -0.3 is 15.0 Å². The summed E-state index contributed by atoms with van der Waals surface area (Å²) in [5.41, 5.74) is 4.11. The summed E-state index contributed by atoms with van der Waals surface area (Å²) < 4.78 is 5.38. The number of ether oxygens (including phenoxy) is 1. The highest BCUT2D eigenvalue weighted by atomic mass is 16.5. The number of rotatable bonds is 3. The molecule has 0 bridgehead atoms. The van der Waals surface area contributed by atoms with E-state index in [1.54, 1.807) is 13.4 Å². The quantitative estimate of drug-likeness (QED) is 0.775. The Hall–Kier alpha value is -2.73. The molecule has 0 amide bonds. The third kappa shape index (κ3) is 2.47. The third-order valence-electron chi connectivity index (χ3n) is 4.10. The molecule has 0 aliphatic carbocycles. The first-order valence-electron chi connectivity index (χ1n) is 7.57. The van der Waals surface area contributed by atoms with Crippen LogP contribution in [0.1, 0.15) is 23.0 Å². The lowest BCUT2D eigenvalue weighted by molar-refractivity contribution is 0.416. The minimum atomic E-state index is 0.0386. The summed E-state index contributed by atoms with van der Waals surface area (Å²) in [6, 6.07) is 7.79. The molecule has 3 aromatic rings. The van der Waals surface area contributed by atoms with E-state index in [2.05, 4.69) is 25.3 Å². The van der Waals surface area contributed by atoms with Gasteiger partial charge in [-0.25, -0.2) is 15.0 Å². The molecule has 6 nitrogen and oxygen atoms in total. The highest BCUT2D eigenvalue weighted by molar-refractivity contribution is 5.63. The molecule has 23 heavy (non-hydrogen) atoms. The van der Waals surface area contributed by atoms with Crippen molar-refractivity contribution in [1.29, 1.82) is 0 Å². The number of nitrogens with zero attached hydrogens (tertiary/aromatic N) is 3. The number of para-hydroxylation sites is 1. The van der Waals surface area contributed by atoms with E-state index in [9.17, 15) is 0 Å². The summed E-state index contributed by atoms with van der Waals surface area (Å²) in [4.78, 5) is 16.7. The lowest BCUT2D eigenvalue weighted by atomic mass is 10.0. The van der Waals surface area contributed by atoms with Gasteiger partial charge in [-0.15, -0.1) is 0 Å². The van der Waals surface area contributed by atoms with E-state index in [1.165, 1.54) is 5.69 Å². The minimum absolute atomic E-state index is 0.0386. The van der Waals surface area contributed by atoms with Crippen molar-refractivity contribution in [2.75, 3.05) is 13.7 Å². The molecule has 116 valence electrons. The van der Waals surface area contributed by atoms with Crippen molar-refractivity contribution in [3.8, 4) is 17.1 Å². The molecule has 3 heterocycles. The number of fused-ring (bicyclic) bond motifs is 1. The van der Waals surface area contributed by atoms with Crippen LogP contribution in [0.3, 0.4) is 0 Å². The van der Waals surface area contributed by atoms with Gasteiger partial charge in [-0.2, -0.15) is 0 Å². The van der Waals surface area contributed by atoms with Crippen LogP contribution in [0.4, 0.5) is 0 Å². The third-order valence-corrected chi connectivity index (χ3v) is 4.10. The van der Waals surface area contributed by atoms with Gasteiger partial charge >= 0.3 is 0 Å². The van der Waals surface area contributed by atoms with E-state index in [0.29, 0.717) is 5.82 Å². The van der Waals surface area contributed by atoms with Crippen molar-refractivity contribution < 1.29 is 4.74 Å². The van der Waals surface area contributed by atoms with Crippen molar-refractivity contribution >= 4 is 0 Å². The van der Waals surface area contributed by atoms with Crippen LogP contribution < -0.4 is 10.1 Å². The van der Waals surface area contributed by atoms with Gasteiger partial charge in [-0.1, -0.05) is 12.1 Å². The second-order valence-electron chi connectivity index (χ2n) is 5.44. The summed E-state index contributed by atoms with van der Waals surface area (Å²) in [6.07, 6.45) is 6.42. The number of aromatic amines is 1. The van der Waals surface area contributed by atoms with Gasteiger partial charge in [0.2, 0.25) is 0 Å². The Kier molecular flexibility index (Phi) is 3.51. The molecule has 4 rings (SSSR count). The van der Waals surface area contributed by atoms with Gasteiger partial charge in [-0.05, 0) is 12.1 Å². The Morgan fingerprint density at radius 3 is 2.78 bits per heavy atom. The van der Waals surface area contributed by atoms with E-state index in [0.717, 1.165) is 35.5 Å². The van der Waals surface area contributed by atoms with Gasteiger partial charge in [-0.3, -0.25) is 0 Å². The molecule has 6 heteroatoms. The zero-order valence-electron chi connectivity index (χ0n) is 12.8. The number of hydrogen-bond donors (Lipinski definition) is 2. The molecule has 0 radical (unpaired) electrons. The average Bonchev–Trinajstić information content (AvgIpc) is 3.10. The molecule has 0 saturated carbocycles. The van der Waals surface area contributed by atoms with Crippen LogP contribution in [0.5, 0.6) is 5.75 Å². The summed E-state index contributed by atoms with van der Waals surface area (Å²) in [6.45, 7) is 0.911. The smallest absolute Gasteiger partial charge is 0.162 e. The molecule has 1 aromatic carbocycles. The fourth-order valence-corrected chi connectivity index (χ4v) is 2.95. The molecular formula is C17H17N5O. The van der Waals surface area contributed by atoms with Gasteiger partial charge in [0.25, 0.3) is 0 Å². The van der Waals surface area contributed by atoms with E-state index < -0.39 is 0 Å². The molecule has 0 spiro atoms. The Morgan fingerprint density at radius 1 is 1.13 bits per heavy atom. The van der Waals surface area contributed by atoms with Crippen LogP contribution in [0.15, 0.2) is 43.0 Å². The summed E-state index contributed by atoms with van der Waals surface area (Å²) in [5.74, 6) is 1.43. The normalized spacial score (nSPS) is 16.8. The van der Waals surface area contributed by atoms with Crippen LogP contribution >= 0.6 is 0 Å². The van der Waals surface area contributed by atoms with Crippen molar-refractivity contribution in [2.45, 2.75) is 12.5 Å². The number of hydrogen-bond acceptors (Lipinski definition) is 5. The van der Waals surface area contributed by atoms with Gasteiger partial charge in [0.1, 0.15) is 5.75 Å². The lowest BCUT2D eigenvalue weighted by Gasteiger charge is -2.22. The van der Waals surface area contributed by atoms with Crippen LogP contribution in [-0.4, -0.2) is 33.6 Å². The first-order valence-corrected chi connectivity index (χ1v) is 7.57. The van der Waals surface area contributed by atoms with Gasteiger partial charge in [0, 0.05) is 36.6 Å². The van der Waals surface area contributed by atoms with Gasteiger partial charge in [0.15, 0.2) is 5.82 Å². The summed E-state index contributed by atoms with van der Waals surface area (Å²) in [7, 11) is 1.65. The zero-order valence-corrected chi connectivity index (χ0v) is 12.8. The highest BCUT2D eigenvalue weighted by Gasteiger charge is 2.24. The van der Waals surface area contributed by atoms with Crippen LogP contribution in [0.25, 0.3) is 11.4 Å². The lowest BCUT2D eigenvalue weighted by Crippen LogP contribution is -2.30. The fraction of sp³-hybridized carbons (Fsp3) is 0.235. The molecule has 0 saturated heterocycles. The van der Waals surface area contributed by atoms with Crippen LogP contribution in [-0.2, 0) is 6.42 Å². The molecule has 2 aromatic heterocycles.